The third-order valence-electron chi connectivity index (χ3n) is 7.96. The molecule has 7 nitrogen and oxygen atoms in total. The van der Waals surface area contributed by atoms with E-state index in [1.807, 2.05) is 73.7 Å². The summed E-state index contributed by atoms with van der Waals surface area (Å²) >= 11 is 0. The summed E-state index contributed by atoms with van der Waals surface area (Å²) in [7, 11) is 0. The Morgan fingerprint density at radius 3 is 2.45 bits per heavy atom. The van der Waals surface area contributed by atoms with Gasteiger partial charge in [0.25, 0.3) is 0 Å². The van der Waals surface area contributed by atoms with Gasteiger partial charge in [0.15, 0.2) is 0 Å². The fraction of sp³-hybridized carbons (Fsp3) is 0.333. The van der Waals surface area contributed by atoms with Gasteiger partial charge in [-0.2, -0.15) is 5.26 Å². The van der Waals surface area contributed by atoms with Crippen molar-refractivity contribution in [1.82, 2.24) is 4.57 Å². The second-order valence-electron chi connectivity index (χ2n) is 10.6. The summed E-state index contributed by atoms with van der Waals surface area (Å²) in [6, 6.07) is 26.2. The minimum atomic E-state index is -0.512. The lowest BCUT2D eigenvalue weighted by atomic mass is 9.92. The molecule has 1 aromatic heterocycles. The Balaban J connectivity index is 1.27. The van der Waals surface area contributed by atoms with E-state index in [4.69, 9.17) is 14.2 Å². The minimum absolute atomic E-state index is 0.149. The number of anilines is 1. The molecule has 6 rings (SSSR count). The summed E-state index contributed by atoms with van der Waals surface area (Å²) in [5.41, 5.74) is 5.10. The second-order valence-corrected chi connectivity index (χ2v) is 10.6. The summed E-state index contributed by atoms with van der Waals surface area (Å²) in [5, 5.41) is 14.0. The Labute approximate surface area is 234 Å². The number of amides is 1. The normalized spacial score (nSPS) is 16.6. The van der Waals surface area contributed by atoms with Crippen molar-refractivity contribution in [2.45, 2.75) is 57.3 Å². The molecule has 2 aliphatic rings. The van der Waals surface area contributed by atoms with Crippen molar-refractivity contribution in [2.24, 2.45) is 0 Å². The van der Waals surface area contributed by atoms with Gasteiger partial charge in [0.05, 0.1) is 30.0 Å². The molecule has 0 spiro atoms. The lowest BCUT2D eigenvalue weighted by molar-refractivity contribution is 0.0256. The van der Waals surface area contributed by atoms with Crippen LogP contribution in [-0.4, -0.2) is 30.0 Å². The number of hydrogen-bond acceptors (Lipinski definition) is 5. The Morgan fingerprint density at radius 1 is 1.02 bits per heavy atom. The fourth-order valence-corrected chi connectivity index (χ4v) is 5.58. The number of carbonyl (C=O) groups excluding carboxylic acids is 1. The zero-order chi connectivity index (χ0) is 27.5. The third kappa shape index (κ3) is 5.28. The smallest absolute Gasteiger partial charge is 0.412 e. The highest BCUT2D eigenvalue weighted by atomic mass is 16.6. The van der Waals surface area contributed by atoms with E-state index >= 15 is 0 Å². The number of hydrogen-bond donors (Lipinski definition) is 1. The standard InChI is InChI=1S/C33H33N3O4/c1-22(23-6-3-2-4-7-23)39-33(37)35-25-12-10-24(11-13-25)32-30(21-34)29-15-14-28(40-27-16-18-38-19-17-27)20-31(29)36(32)26-8-5-9-26/h2-4,6-7,10-15,20,22,26-27H,5,8-9,16-19H2,1H3,(H,35,37)/t22-/m0/s1. The summed E-state index contributed by atoms with van der Waals surface area (Å²) in [6.45, 7) is 3.30. The third-order valence-corrected chi connectivity index (χ3v) is 7.96. The number of benzene rings is 3. The average Bonchev–Trinajstić information content (AvgIpc) is 3.26. The molecule has 1 saturated heterocycles. The molecular weight excluding hydrogens is 502 g/mol. The van der Waals surface area contributed by atoms with Crippen molar-refractivity contribution in [1.29, 1.82) is 5.26 Å². The Hall–Kier alpha value is -4.28. The maximum atomic E-state index is 12.5. The monoisotopic (exact) mass is 535 g/mol. The van der Waals surface area contributed by atoms with Crippen LogP contribution in [-0.2, 0) is 9.47 Å². The van der Waals surface area contributed by atoms with Crippen LogP contribution in [0.1, 0.15) is 62.3 Å². The van der Waals surface area contributed by atoms with Gasteiger partial charge in [-0.1, -0.05) is 42.5 Å². The van der Waals surface area contributed by atoms with Gasteiger partial charge < -0.3 is 18.8 Å². The Kier molecular flexibility index (Phi) is 7.43. The molecule has 0 unspecified atom stereocenters. The van der Waals surface area contributed by atoms with Gasteiger partial charge in [-0.15, -0.1) is 0 Å². The molecule has 4 aromatic rings. The molecule has 1 N–H and O–H groups in total. The van der Waals surface area contributed by atoms with Crippen LogP contribution < -0.4 is 10.1 Å². The van der Waals surface area contributed by atoms with Gasteiger partial charge in [0, 0.05) is 36.0 Å². The first-order valence-electron chi connectivity index (χ1n) is 14.1. The van der Waals surface area contributed by atoms with Crippen LogP contribution in [0.3, 0.4) is 0 Å². The molecule has 204 valence electrons. The van der Waals surface area contributed by atoms with Gasteiger partial charge in [-0.3, -0.25) is 5.32 Å². The largest absolute Gasteiger partial charge is 0.490 e. The highest BCUT2D eigenvalue weighted by Gasteiger charge is 2.28. The van der Waals surface area contributed by atoms with Crippen LogP contribution in [0.4, 0.5) is 10.5 Å². The molecule has 0 radical (unpaired) electrons. The van der Waals surface area contributed by atoms with Gasteiger partial charge in [0.2, 0.25) is 0 Å². The van der Waals surface area contributed by atoms with Crippen molar-refractivity contribution >= 4 is 22.7 Å². The number of fused-ring (bicyclic) bond motifs is 1. The molecular formula is C33H33N3O4. The van der Waals surface area contributed by atoms with E-state index < -0.39 is 6.09 Å². The molecule has 1 saturated carbocycles. The van der Waals surface area contributed by atoms with Crippen LogP contribution >= 0.6 is 0 Å². The quantitative estimate of drug-likeness (QED) is 0.261. The lowest BCUT2D eigenvalue weighted by Gasteiger charge is -2.30. The average molecular weight is 536 g/mol. The maximum Gasteiger partial charge on any atom is 0.412 e. The number of ether oxygens (including phenoxy) is 3. The summed E-state index contributed by atoms with van der Waals surface area (Å²) in [4.78, 5) is 12.5. The molecule has 1 aliphatic carbocycles. The first kappa shape index (κ1) is 26.0. The second kappa shape index (κ2) is 11.4. The summed E-state index contributed by atoms with van der Waals surface area (Å²) < 4.78 is 19.7. The highest BCUT2D eigenvalue weighted by Crippen LogP contribution is 2.43. The van der Waals surface area contributed by atoms with Crippen molar-refractivity contribution < 1.29 is 19.0 Å². The van der Waals surface area contributed by atoms with Crippen LogP contribution in [0, 0.1) is 11.3 Å². The molecule has 1 aliphatic heterocycles. The summed E-state index contributed by atoms with van der Waals surface area (Å²) in [6.07, 6.45) is 4.38. The van der Waals surface area contributed by atoms with Crippen molar-refractivity contribution in [3.63, 3.8) is 0 Å². The number of nitrogens with one attached hydrogen (secondary N) is 1. The van der Waals surface area contributed by atoms with Crippen LogP contribution in [0.5, 0.6) is 5.75 Å². The van der Waals surface area contributed by atoms with E-state index in [1.165, 1.54) is 6.42 Å². The summed E-state index contributed by atoms with van der Waals surface area (Å²) in [5.74, 6) is 0.830. The topological polar surface area (TPSA) is 85.5 Å². The van der Waals surface area contributed by atoms with Crippen molar-refractivity contribution in [2.75, 3.05) is 18.5 Å². The molecule has 2 heterocycles. The molecule has 40 heavy (non-hydrogen) atoms. The van der Waals surface area contributed by atoms with E-state index in [-0.39, 0.29) is 12.2 Å². The van der Waals surface area contributed by atoms with E-state index in [0.29, 0.717) is 17.3 Å². The van der Waals surface area contributed by atoms with Gasteiger partial charge in [-0.05, 0) is 61.6 Å². The van der Waals surface area contributed by atoms with Gasteiger partial charge in [-0.25, -0.2) is 4.79 Å². The van der Waals surface area contributed by atoms with Crippen LogP contribution in [0.25, 0.3) is 22.2 Å². The highest BCUT2D eigenvalue weighted by molar-refractivity contribution is 5.96. The minimum Gasteiger partial charge on any atom is -0.490 e. The number of nitriles is 1. The molecule has 3 aromatic carbocycles. The maximum absolute atomic E-state index is 12.5. The molecule has 1 atom stereocenters. The lowest BCUT2D eigenvalue weighted by Crippen LogP contribution is -2.25. The van der Waals surface area contributed by atoms with Gasteiger partial charge in [0.1, 0.15) is 24.0 Å². The van der Waals surface area contributed by atoms with Crippen molar-refractivity contribution in [3.05, 3.63) is 83.9 Å². The number of rotatable bonds is 7. The predicted octanol–water partition coefficient (Wildman–Crippen LogP) is 7.77. The number of aromatic nitrogens is 1. The van der Waals surface area contributed by atoms with Crippen LogP contribution in [0.15, 0.2) is 72.8 Å². The first-order valence-corrected chi connectivity index (χ1v) is 14.1. The fourth-order valence-electron chi connectivity index (χ4n) is 5.58. The molecule has 7 heteroatoms. The predicted molar refractivity (Wildman–Crippen MR) is 154 cm³/mol. The van der Waals surface area contributed by atoms with E-state index in [1.54, 1.807) is 0 Å². The Morgan fingerprint density at radius 2 is 1.77 bits per heavy atom. The number of carbonyl (C=O) groups is 1. The molecule has 0 bridgehead atoms. The number of nitrogens with zero attached hydrogens (tertiary/aromatic N) is 2. The van der Waals surface area contributed by atoms with Crippen LogP contribution in [0.2, 0.25) is 0 Å². The first-order chi connectivity index (χ1) is 19.6. The van der Waals surface area contributed by atoms with Gasteiger partial charge >= 0.3 is 6.09 Å². The molecule has 1 amide bonds. The molecule has 2 fully saturated rings. The zero-order valence-electron chi connectivity index (χ0n) is 22.6. The van der Waals surface area contributed by atoms with E-state index in [9.17, 15) is 10.1 Å². The van der Waals surface area contributed by atoms with E-state index in [0.717, 1.165) is 72.4 Å². The van der Waals surface area contributed by atoms with E-state index in [2.05, 4.69) is 22.0 Å². The Bertz CT molecular complexity index is 1530. The SMILES string of the molecule is C[C@H](OC(=O)Nc1ccc(-c2c(C#N)c3ccc(OC4CCOCC4)cc3n2C2CCC2)cc1)c1ccccc1. The zero-order valence-corrected chi connectivity index (χ0v) is 22.6. The van der Waals surface area contributed by atoms with Crippen molar-refractivity contribution in [3.8, 4) is 23.1 Å².